The lowest BCUT2D eigenvalue weighted by atomic mass is 10.0. The highest BCUT2D eigenvalue weighted by Gasteiger charge is 2.21. The number of aromatic nitrogens is 2. The maximum Gasteiger partial charge on any atom is 0.254 e. The van der Waals surface area contributed by atoms with Gasteiger partial charge in [-0.05, 0) is 38.1 Å². The summed E-state index contributed by atoms with van der Waals surface area (Å²) in [5.74, 6) is 0.0445. The molecule has 0 aliphatic rings. The lowest BCUT2D eigenvalue weighted by Gasteiger charge is -2.14. The van der Waals surface area contributed by atoms with E-state index in [1.165, 1.54) is 0 Å². The zero-order valence-electron chi connectivity index (χ0n) is 14.3. The summed E-state index contributed by atoms with van der Waals surface area (Å²) in [6.45, 7) is 6.67. The number of nitrogens with zero attached hydrogens (tertiary/aromatic N) is 2. The Hall–Kier alpha value is -1.56. The summed E-state index contributed by atoms with van der Waals surface area (Å²) in [6.07, 6.45) is 1.62. The van der Waals surface area contributed by atoms with Crippen molar-refractivity contribution in [3.63, 3.8) is 0 Å². The van der Waals surface area contributed by atoms with Crippen LogP contribution < -0.4 is 10.6 Å². The first-order valence-electron chi connectivity index (χ1n) is 7.73. The molecule has 0 aliphatic carbocycles. The van der Waals surface area contributed by atoms with Crippen LogP contribution in [0, 0.1) is 0 Å². The monoisotopic (exact) mass is 370 g/mol. The van der Waals surface area contributed by atoms with E-state index < -0.39 is 0 Å². The number of carbonyl (C=O) groups is 1. The van der Waals surface area contributed by atoms with Crippen LogP contribution in [0.2, 0.25) is 5.02 Å². The second-order valence-corrected chi connectivity index (χ2v) is 6.33. The molecule has 0 spiro atoms. The number of likely N-dealkylation sites (N-methyl/N-ethyl adjacent to an activating group) is 1. The van der Waals surface area contributed by atoms with Gasteiger partial charge in [-0.25, -0.2) is 4.68 Å². The molecule has 1 aromatic carbocycles. The smallest absolute Gasteiger partial charge is 0.254 e. The van der Waals surface area contributed by atoms with Gasteiger partial charge in [0.15, 0.2) is 0 Å². The predicted octanol–water partition coefficient (Wildman–Crippen LogP) is 3.41. The Balaban J connectivity index is 0.00000288. The number of amides is 1. The third-order valence-corrected chi connectivity index (χ3v) is 3.95. The molecule has 132 valence electrons. The van der Waals surface area contributed by atoms with Crippen LogP contribution in [-0.2, 0) is 0 Å². The topological polar surface area (TPSA) is 58.9 Å². The van der Waals surface area contributed by atoms with Crippen molar-refractivity contribution < 1.29 is 4.79 Å². The van der Waals surface area contributed by atoms with Crippen LogP contribution >= 0.6 is 24.0 Å². The Kier molecular flexibility index (Phi) is 7.73. The number of benzene rings is 1. The standard InChI is InChI=1S/C17H23ClN4O.ClH/c1-11(2)16-15(17(23)20-9-12(3)19-4)10-21-22(16)14-7-5-6-13(18)8-14;/h5-8,10-12,19H,9H2,1-4H3,(H,20,23);1H. The maximum atomic E-state index is 12.5. The normalized spacial score (nSPS) is 11.9. The molecule has 0 radical (unpaired) electrons. The summed E-state index contributed by atoms with van der Waals surface area (Å²) in [5, 5.41) is 11.1. The van der Waals surface area contributed by atoms with E-state index in [9.17, 15) is 4.79 Å². The van der Waals surface area contributed by atoms with Gasteiger partial charge in [0.05, 0.1) is 23.1 Å². The molecule has 0 fully saturated rings. The molecule has 0 saturated carbocycles. The Morgan fingerprint density at radius 2 is 2.04 bits per heavy atom. The van der Waals surface area contributed by atoms with Crippen molar-refractivity contribution in [2.24, 2.45) is 0 Å². The minimum Gasteiger partial charge on any atom is -0.350 e. The Labute approximate surface area is 154 Å². The van der Waals surface area contributed by atoms with E-state index in [2.05, 4.69) is 15.7 Å². The fourth-order valence-corrected chi connectivity index (χ4v) is 2.53. The van der Waals surface area contributed by atoms with Crippen LogP contribution in [0.15, 0.2) is 30.5 Å². The van der Waals surface area contributed by atoms with Crippen LogP contribution in [0.5, 0.6) is 0 Å². The van der Waals surface area contributed by atoms with Crippen molar-refractivity contribution >= 4 is 29.9 Å². The van der Waals surface area contributed by atoms with Gasteiger partial charge in [-0.15, -0.1) is 12.4 Å². The molecule has 2 N–H and O–H groups in total. The first-order chi connectivity index (χ1) is 10.9. The summed E-state index contributed by atoms with van der Waals surface area (Å²) in [6, 6.07) is 7.67. The molecule has 1 heterocycles. The van der Waals surface area contributed by atoms with Gasteiger partial charge < -0.3 is 10.6 Å². The summed E-state index contributed by atoms with van der Waals surface area (Å²) in [4.78, 5) is 12.5. The predicted molar refractivity (Wildman–Crippen MR) is 101 cm³/mol. The second kappa shape index (κ2) is 9.06. The molecule has 24 heavy (non-hydrogen) atoms. The van der Waals surface area contributed by atoms with Gasteiger partial charge in [-0.3, -0.25) is 4.79 Å². The summed E-state index contributed by atoms with van der Waals surface area (Å²) in [7, 11) is 1.87. The molecule has 0 bridgehead atoms. The van der Waals surface area contributed by atoms with Gasteiger partial charge in [0.1, 0.15) is 0 Å². The summed E-state index contributed by atoms with van der Waals surface area (Å²) in [5.41, 5.74) is 2.33. The fourth-order valence-electron chi connectivity index (χ4n) is 2.35. The zero-order chi connectivity index (χ0) is 17.0. The highest BCUT2D eigenvalue weighted by Crippen LogP contribution is 2.24. The quantitative estimate of drug-likeness (QED) is 0.818. The highest BCUT2D eigenvalue weighted by molar-refractivity contribution is 6.30. The third kappa shape index (κ3) is 4.72. The average molecular weight is 371 g/mol. The molecule has 0 aliphatic heterocycles. The van der Waals surface area contributed by atoms with Gasteiger partial charge in [0.25, 0.3) is 5.91 Å². The number of nitrogens with one attached hydrogen (secondary N) is 2. The first-order valence-corrected chi connectivity index (χ1v) is 8.11. The lowest BCUT2D eigenvalue weighted by Crippen LogP contribution is -2.37. The van der Waals surface area contributed by atoms with E-state index in [0.29, 0.717) is 17.1 Å². The minimum absolute atomic E-state index is 0. The number of carbonyl (C=O) groups excluding carboxylic acids is 1. The van der Waals surface area contributed by atoms with Crippen molar-refractivity contribution in [2.45, 2.75) is 32.7 Å². The van der Waals surface area contributed by atoms with E-state index in [0.717, 1.165) is 11.4 Å². The molecular weight excluding hydrogens is 347 g/mol. The molecule has 7 heteroatoms. The highest BCUT2D eigenvalue weighted by atomic mass is 35.5. The molecule has 0 saturated heterocycles. The van der Waals surface area contributed by atoms with Crippen molar-refractivity contribution in [1.82, 2.24) is 20.4 Å². The van der Waals surface area contributed by atoms with Gasteiger partial charge in [-0.1, -0.05) is 31.5 Å². The van der Waals surface area contributed by atoms with Crippen molar-refractivity contribution in [2.75, 3.05) is 13.6 Å². The molecule has 1 aromatic heterocycles. The van der Waals surface area contributed by atoms with Crippen LogP contribution in [0.25, 0.3) is 5.69 Å². The van der Waals surface area contributed by atoms with Gasteiger partial charge in [0.2, 0.25) is 0 Å². The number of halogens is 2. The summed E-state index contributed by atoms with van der Waals surface area (Å²) < 4.78 is 1.78. The first kappa shape index (κ1) is 20.5. The van der Waals surface area contributed by atoms with E-state index in [1.807, 2.05) is 52.1 Å². The van der Waals surface area contributed by atoms with Gasteiger partial charge in [-0.2, -0.15) is 5.10 Å². The number of rotatable bonds is 6. The van der Waals surface area contributed by atoms with E-state index in [1.54, 1.807) is 10.9 Å². The molecule has 1 unspecified atom stereocenters. The lowest BCUT2D eigenvalue weighted by molar-refractivity contribution is 0.0949. The molecular formula is C17H24Cl2N4O. The molecule has 1 amide bonds. The van der Waals surface area contributed by atoms with Gasteiger partial charge >= 0.3 is 0 Å². The van der Waals surface area contributed by atoms with Crippen LogP contribution in [0.4, 0.5) is 0 Å². The Bertz CT molecular complexity index is 685. The molecule has 5 nitrogen and oxygen atoms in total. The van der Waals surface area contributed by atoms with E-state index in [4.69, 9.17) is 11.6 Å². The van der Waals surface area contributed by atoms with Gasteiger partial charge in [0, 0.05) is 17.6 Å². The van der Waals surface area contributed by atoms with Crippen molar-refractivity contribution in [3.05, 3.63) is 46.7 Å². The van der Waals surface area contributed by atoms with E-state index >= 15 is 0 Å². The van der Waals surface area contributed by atoms with Crippen molar-refractivity contribution in [3.8, 4) is 5.69 Å². The van der Waals surface area contributed by atoms with Crippen LogP contribution in [-0.4, -0.2) is 35.3 Å². The summed E-state index contributed by atoms with van der Waals surface area (Å²) >= 11 is 6.07. The third-order valence-electron chi connectivity index (χ3n) is 3.71. The molecule has 2 aromatic rings. The van der Waals surface area contributed by atoms with Crippen LogP contribution in [0.3, 0.4) is 0 Å². The van der Waals surface area contributed by atoms with Crippen molar-refractivity contribution in [1.29, 1.82) is 0 Å². The van der Waals surface area contributed by atoms with Crippen LogP contribution in [0.1, 0.15) is 42.7 Å². The van der Waals surface area contributed by atoms with E-state index in [-0.39, 0.29) is 30.3 Å². The molecule has 2 rings (SSSR count). The number of hydrogen-bond acceptors (Lipinski definition) is 3. The average Bonchev–Trinajstić information content (AvgIpc) is 2.97. The zero-order valence-corrected chi connectivity index (χ0v) is 15.9. The largest absolute Gasteiger partial charge is 0.350 e. The fraction of sp³-hybridized carbons (Fsp3) is 0.412. The SMILES string of the molecule is CNC(C)CNC(=O)c1cnn(-c2cccc(Cl)c2)c1C(C)C.Cl. The minimum atomic E-state index is -0.107. The Morgan fingerprint density at radius 3 is 2.62 bits per heavy atom. The Morgan fingerprint density at radius 1 is 1.33 bits per heavy atom. The second-order valence-electron chi connectivity index (χ2n) is 5.89. The maximum absolute atomic E-state index is 12.5. The number of hydrogen-bond donors (Lipinski definition) is 2. The molecule has 1 atom stereocenters.